The number of carboxylic acid groups (broad SMARTS) is 1. The molecule has 0 saturated heterocycles. The predicted octanol–water partition coefficient (Wildman–Crippen LogP) is 1.14. The van der Waals surface area contributed by atoms with Gasteiger partial charge >= 0.3 is 5.97 Å². The average molecular weight is 244 g/mol. The van der Waals surface area contributed by atoms with E-state index in [2.05, 4.69) is 10.6 Å². The molecule has 0 spiro atoms. The fraction of sp³-hybridized carbons (Fsp3) is 0.833. The molecule has 0 rings (SSSR count). The standard InChI is InChI=1S/C12H24N2O3/c1-10(2)14-9-11(15)13-8-6-4-3-5-7-12(16)17/h10,14H,3-9H2,1-2H3,(H,13,15)(H,16,17). The van der Waals surface area contributed by atoms with E-state index < -0.39 is 5.97 Å². The van der Waals surface area contributed by atoms with Crippen LogP contribution in [0.2, 0.25) is 0 Å². The second-order valence-electron chi connectivity index (χ2n) is 4.44. The summed E-state index contributed by atoms with van der Waals surface area (Å²) in [4.78, 5) is 21.5. The lowest BCUT2D eigenvalue weighted by Gasteiger charge is -2.08. The molecule has 0 unspecified atom stereocenters. The Morgan fingerprint density at radius 1 is 1.12 bits per heavy atom. The van der Waals surface area contributed by atoms with E-state index in [1.54, 1.807) is 0 Å². The second-order valence-corrected chi connectivity index (χ2v) is 4.44. The zero-order valence-corrected chi connectivity index (χ0v) is 10.8. The highest BCUT2D eigenvalue weighted by molar-refractivity contribution is 5.77. The SMILES string of the molecule is CC(C)NCC(=O)NCCCCCCC(=O)O. The zero-order valence-electron chi connectivity index (χ0n) is 10.8. The Morgan fingerprint density at radius 3 is 2.35 bits per heavy atom. The number of hydrogen-bond acceptors (Lipinski definition) is 3. The number of carbonyl (C=O) groups is 2. The van der Waals surface area contributed by atoms with Crippen LogP contribution in [0.4, 0.5) is 0 Å². The molecule has 0 bridgehead atoms. The first kappa shape index (κ1) is 15.9. The molecule has 0 fully saturated rings. The summed E-state index contributed by atoms with van der Waals surface area (Å²) in [5.74, 6) is -0.720. The summed E-state index contributed by atoms with van der Waals surface area (Å²) in [7, 11) is 0. The van der Waals surface area contributed by atoms with E-state index in [1.165, 1.54) is 0 Å². The Kier molecular flexibility index (Phi) is 9.43. The number of amides is 1. The van der Waals surface area contributed by atoms with E-state index in [-0.39, 0.29) is 12.3 Å². The third-order valence-electron chi connectivity index (χ3n) is 2.31. The Morgan fingerprint density at radius 2 is 1.76 bits per heavy atom. The minimum Gasteiger partial charge on any atom is -0.481 e. The molecule has 0 aliphatic rings. The van der Waals surface area contributed by atoms with Crippen molar-refractivity contribution in [1.29, 1.82) is 0 Å². The summed E-state index contributed by atoms with van der Waals surface area (Å²) in [6, 6.07) is 0.316. The number of rotatable bonds is 10. The van der Waals surface area contributed by atoms with E-state index in [0.717, 1.165) is 25.7 Å². The fourth-order valence-corrected chi connectivity index (χ4v) is 1.34. The number of unbranched alkanes of at least 4 members (excludes halogenated alkanes) is 3. The molecule has 0 aliphatic carbocycles. The molecule has 0 heterocycles. The van der Waals surface area contributed by atoms with Crippen molar-refractivity contribution in [2.75, 3.05) is 13.1 Å². The van der Waals surface area contributed by atoms with Gasteiger partial charge in [-0.1, -0.05) is 26.7 Å². The Labute approximate surface area is 103 Å². The van der Waals surface area contributed by atoms with Crippen LogP contribution in [0.3, 0.4) is 0 Å². The Hall–Kier alpha value is -1.10. The highest BCUT2D eigenvalue weighted by atomic mass is 16.4. The van der Waals surface area contributed by atoms with Gasteiger partial charge < -0.3 is 15.7 Å². The van der Waals surface area contributed by atoms with Gasteiger partial charge in [0.1, 0.15) is 0 Å². The first-order valence-corrected chi connectivity index (χ1v) is 6.24. The number of carbonyl (C=O) groups excluding carboxylic acids is 1. The van der Waals surface area contributed by atoms with Gasteiger partial charge in [0.2, 0.25) is 5.91 Å². The first-order chi connectivity index (χ1) is 8.02. The largest absolute Gasteiger partial charge is 0.481 e. The predicted molar refractivity (Wildman–Crippen MR) is 66.9 cm³/mol. The highest BCUT2D eigenvalue weighted by Crippen LogP contribution is 2.01. The van der Waals surface area contributed by atoms with Crippen LogP contribution in [0.15, 0.2) is 0 Å². The molecule has 5 heteroatoms. The van der Waals surface area contributed by atoms with Gasteiger partial charge in [-0.25, -0.2) is 0 Å². The fourth-order valence-electron chi connectivity index (χ4n) is 1.34. The van der Waals surface area contributed by atoms with E-state index in [1.807, 2.05) is 13.8 Å². The summed E-state index contributed by atoms with van der Waals surface area (Å²) in [6.45, 7) is 5.02. The number of aliphatic carboxylic acids is 1. The van der Waals surface area contributed by atoms with E-state index in [4.69, 9.17) is 5.11 Å². The summed E-state index contributed by atoms with van der Waals surface area (Å²) in [5.41, 5.74) is 0. The number of nitrogens with one attached hydrogen (secondary N) is 2. The molecule has 0 atom stereocenters. The van der Waals surface area contributed by atoms with Crippen molar-refractivity contribution in [1.82, 2.24) is 10.6 Å². The lowest BCUT2D eigenvalue weighted by Crippen LogP contribution is -2.37. The minimum atomic E-state index is -0.738. The van der Waals surface area contributed by atoms with E-state index in [0.29, 0.717) is 19.1 Å². The van der Waals surface area contributed by atoms with Crippen molar-refractivity contribution in [3.05, 3.63) is 0 Å². The monoisotopic (exact) mass is 244 g/mol. The molecule has 3 N–H and O–H groups in total. The van der Waals surface area contributed by atoms with Crippen LogP contribution in [-0.2, 0) is 9.59 Å². The maximum Gasteiger partial charge on any atom is 0.303 e. The van der Waals surface area contributed by atoms with Gasteiger partial charge in [-0.3, -0.25) is 9.59 Å². The van der Waals surface area contributed by atoms with Crippen molar-refractivity contribution >= 4 is 11.9 Å². The normalized spacial score (nSPS) is 10.5. The highest BCUT2D eigenvalue weighted by Gasteiger charge is 2.01. The van der Waals surface area contributed by atoms with Crippen LogP contribution in [0, 0.1) is 0 Å². The van der Waals surface area contributed by atoms with Gasteiger partial charge in [0, 0.05) is 19.0 Å². The van der Waals surface area contributed by atoms with Crippen molar-refractivity contribution in [3.63, 3.8) is 0 Å². The molecule has 5 nitrogen and oxygen atoms in total. The molecule has 0 radical (unpaired) electrons. The number of carboxylic acids is 1. The molecular weight excluding hydrogens is 220 g/mol. The number of hydrogen-bond donors (Lipinski definition) is 3. The molecule has 17 heavy (non-hydrogen) atoms. The van der Waals surface area contributed by atoms with Crippen LogP contribution in [0.25, 0.3) is 0 Å². The van der Waals surface area contributed by atoms with Gasteiger partial charge in [-0.15, -0.1) is 0 Å². The molecule has 1 amide bonds. The molecule has 0 saturated carbocycles. The van der Waals surface area contributed by atoms with Crippen LogP contribution in [-0.4, -0.2) is 36.1 Å². The summed E-state index contributed by atoms with van der Waals surface area (Å²) in [5, 5.41) is 14.3. The summed E-state index contributed by atoms with van der Waals surface area (Å²) >= 11 is 0. The quantitative estimate of drug-likeness (QED) is 0.503. The first-order valence-electron chi connectivity index (χ1n) is 6.24. The van der Waals surface area contributed by atoms with Gasteiger partial charge in [0.25, 0.3) is 0 Å². The van der Waals surface area contributed by atoms with E-state index >= 15 is 0 Å². The average Bonchev–Trinajstić information content (AvgIpc) is 2.24. The molecule has 100 valence electrons. The van der Waals surface area contributed by atoms with Gasteiger partial charge in [-0.05, 0) is 12.8 Å². The Balaban J connectivity index is 3.22. The smallest absolute Gasteiger partial charge is 0.303 e. The second kappa shape index (κ2) is 10.1. The van der Waals surface area contributed by atoms with E-state index in [9.17, 15) is 9.59 Å². The molecule has 0 aliphatic heterocycles. The van der Waals surface area contributed by atoms with Crippen molar-refractivity contribution in [3.8, 4) is 0 Å². The molecule has 0 aromatic carbocycles. The third-order valence-corrected chi connectivity index (χ3v) is 2.31. The topological polar surface area (TPSA) is 78.4 Å². The lowest BCUT2D eigenvalue weighted by atomic mass is 10.1. The third kappa shape index (κ3) is 12.8. The maximum absolute atomic E-state index is 11.3. The van der Waals surface area contributed by atoms with Crippen LogP contribution >= 0.6 is 0 Å². The van der Waals surface area contributed by atoms with Crippen LogP contribution in [0.1, 0.15) is 46.0 Å². The zero-order chi connectivity index (χ0) is 13.1. The lowest BCUT2D eigenvalue weighted by molar-refractivity contribution is -0.137. The maximum atomic E-state index is 11.3. The summed E-state index contributed by atoms with van der Waals surface area (Å²) < 4.78 is 0. The minimum absolute atomic E-state index is 0.0178. The van der Waals surface area contributed by atoms with Crippen LogP contribution < -0.4 is 10.6 Å². The molecule has 0 aromatic heterocycles. The van der Waals surface area contributed by atoms with Gasteiger partial charge in [-0.2, -0.15) is 0 Å². The van der Waals surface area contributed by atoms with Gasteiger partial charge in [0.15, 0.2) is 0 Å². The van der Waals surface area contributed by atoms with Crippen molar-refractivity contribution in [2.45, 2.75) is 52.0 Å². The van der Waals surface area contributed by atoms with Crippen molar-refractivity contribution in [2.24, 2.45) is 0 Å². The molecular formula is C12H24N2O3. The Bertz CT molecular complexity index is 230. The van der Waals surface area contributed by atoms with Crippen molar-refractivity contribution < 1.29 is 14.7 Å². The van der Waals surface area contributed by atoms with Gasteiger partial charge in [0.05, 0.1) is 6.54 Å². The van der Waals surface area contributed by atoms with Crippen LogP contribution in [0.5, 0.6) is 0 Å². The molecule has 0 aromatic rings. The summed E-state index contributed by atoms with van der Waals surface area (Å²) in [6.07, 6.45) is 3.74.